The van der Waals surface area contributed by atoms with Gasteiger partial charge in [-0.05, 0) is 29.8 Å². The van der Waals surface area contributed by atoms with E-state index < -0.39 is 22.0 Å². The first-order valence-electron chi connectivity index (χ1n) is 8.09. The summed E-state index contributed by atoms with van der Waals surface area (Å²) < 4.78 is 32.9. The first kappa shape index (κ1) is 18.7. The molecule has 0 saturated heterocycles. The first-order chi connectivity index (χ1) is 13.0. The van der Waals surface area contributed by atoms with Crippen LogP contribution in [0, 0.1) is 0 Å². The van der Waals surface area contributed by atoms with Crippen molar-refractivity contribution in [2.45, 2.75) is 17.5 Å². The average molecular weight is 386 g/mol. The number of methoxy groups -OCH3 is 1. The van der Waals surface area contributed by atoms with Gasteiger partial charge in [-0.15, -0.1) is 0 Å². The van der Waals surface area contributed by atoms with E-state index in [0.29, 0.717) is 0 Å². The van der Waals surface area contributed by atoms with E-state index in [1.807, 2.05) is 30.3 Å². The van der Waals surface area contributed by atoms with Crippen LogP contribution in [-0.4, -0.2) is 36.5 Å². The minimum atomic E-state index is -3.83. The maximum atomic E-state index is 12.8. The van der Waals surface area contributed by atoms with Crippen molar-refractivity contribution in [3.05, 3.63) is 78.1 Å². The van der Waals surface area contributed by atoms with Gasteiger partial charge in [0.2, 0.25) is 10.0 Å². The molecule has 0 bridgehead atoms. The lowest BCUT2D eigenvalue weighted by atomic mass is 10.1. The number of benzene rings is 2. The Morgan fingerprint density at radius 2 is 1.70 bits per heavy atom. The van der Waals surface area contributed by atoms with Gasteiger partial charge >= 0.3 is 5.97 Å². The molecule has 1 atom stereocenters. The van der Waals surface area contributed by atoms with Gasteiger partial charge < -0.3 is 4.74 Å². The lowest BCUT2D eigenvalue weighted by Crippen LogP contribution is -2.32. The fourth-order valence-corrected chi connectivity index (χ4v) is 3.76. The summed E-state index contributed by atoms with van der Waals surface area (Å²) in [4.78, 5) is 13.0. The molecule has 0 radical (unpaired) electrons. The fourth-order valence-electron chi connectivity index (χ4n) is 2.54. The molecule has 140 valence electrons. The predicted octanol–water partition coefficient (Wildman–Crippen LogP) is 1.78. The van der Waals surface area contributed by atoms with E-state index in [0.717, 1.165) is 5.56 Å². The summed E-state index contributed by atoms with van der Waals surface area (Å²) in [5.41, 5.74) is 1.06. The molecular formula is C18H18N4O4S. The molecule has 27 heavy (non-hydrogen) atoms. The zero-order valence-electron chi connectivity index (χ0n) is 14.5. The largest absolute Gasteiger partial charge is 0.465 e. The molecule has 0 aliphatic carbocycles. The van der Waals surface area contributed by atoms with Crippen molar-refractivity contribution in [3.63, 3.8) is 0 Å². The molecule has 0 aliphatic rings. The third-order valence-corrected chi connectivity index (χ3v) is 5.39. The van der Waals surface area contributed by atoms with Crippen LogP contribution in [0.25, 0.3) is 0 Å². The molecule has 0 amide bonds. The maximum Gasteiger partial charge on any atom is 0.337 e. The molecule has 3 aromatic rings. The molecule has 1 heterocycles. The van der Waals surface area contributed by atoms with Crippen LogP contribution >= 0.6 is 0 Å². The summed E-state index contributed by atoms with van der Waals surface area (Å²) in [6.45, 7) is 0.233. The molecule has 9 heteroatoms. The zero-order chi connectivity index (χ0) is 19.3. The van der Waals surface area contributed by atoms with Gasteiger partial charge in [-0.1, -0.05) is 30.3 Å². The summed E-state index contributed by atoms with van der Waals surface area (Å²) in [6, 6.07) is 14.2. The van der Waals surface area contributed by atoms with Gasteiger partial charge in [0, 0.05) is 0 Å². The van der Waals surface area contributed by atoms with E-state index in [9.17, 15) is 13.2 Å². The summed E-state index contributed by atoms with van der Waals surface area (Å²) in [6.07, 6.45) is 3.06. The lowest BCUT2D eigenvalue weighted by molar-refractivity contribution is 0.0600. The average Bonchev–Trinajstić information content (AvgIpc) is 3.20. The van der Waals surface area contributed by atoms with Crippen molar-refractivity contribution in [1.82, 2.24) is 19.7 Å². The van der Waals surface area contributed by atoms with Crippen molar-refractivity contribution in [2.24, 2.45) is 0 Å². The summed E-state index contributed by atoms with van der Waals surface area (Å²) in [7, 11) is -2.56. The summed E-state index contributed by atoms with van der Waals surface area (Å²) in [5, 5.41) is 8.09. The van der Waals surface area contributed by atoms with E-state index >= 15 is 0 Å². The van der Waals surface area contributed by atoms with Crippen LogP contribution in [0.5, 0.6) is 0 Å². The second kappa shape index (κ2) is 8.11. The number of rotatable bonds is 7. The highest BCUT2D eigenvalue weighted by Crippen LogP contribution is 2.19. The first-order valence-corrected chi connectivity index (χ1v) is 9.57. The Kier molecular flexibility index (Phi) is 5.63. The van der Waals surface area contributed by atoms with Crippen molar-refractivity contribution in [2.75, 3.05) is 7.11 Å². The highest BCUT2D eigenvalue weighted by Gasteiger charge is 2.22. The van der Waals surface area contributed by atoms with Crippen LogP contribution in [0.1, 0.15) is 22.0 Å². The SMILES string of the molecule is COC(=O)c1ccc(S(=O)(=O)NC(Cn2nccn2)c2ccccc2)cc1. The number of ether oxygens (including phenoxy) is 1. The minimum Gasteiger partial charge on any atom is -0.465 e. The van der Waals surface area contributed by atoms with Crippen LogP contribution in [0.3, 0.4) is 0 Å². The van der Waals surface area contributed by atoms with E-state index in [4.69, 9.17) is 0 Å². The van der Waals surface area contributed by atoms with E-state index in [2.05, 4.69) is 19.7 Å². The number of hydrogen-bond acceptors (Lipinski definition) is 6. The molecule has 1 aromatic heterocycles. The second-order valence-electron chi connectivity index (χ2n) is 5.68. The second-order valence-corrected chi connectivity index (χ2v) is 7.40. The monoisotopic (exact) mass is 386 g/mol. The van der Waals surface area contributed by atoms with E-state index in [-0.39, 0.29) is 17.0 Å². The third kappa shape index (κ3) is 4.57. The summed E-state index contributed by atoms with van der Waals surface area (Å²) >= 11 is 0. The number of nitrogens with zero attached hydrogens (tertiary/aromatic N) is 3. The van der Waals surface area contributed by atoms with Crippen molar-refractivity contribution in [1.29, 1.82) is 0 Å². The molecule has 0 aliphatic heterocycles. The van der Waals surface area contributed by atoms with Crippen LogP contribution in [0.4, 0.5) is 0 Å². The van der Waals surface area contributed by atoms with Gasteiger partial charge in [-0.3, -0.25) is 0 Å². The molecule has 1 N–H and O–H groups in total. The Hall–Kier alpha value is -3.04. The number of carbonyl (C=O) groups is 1. The van der Waals surface area contributed by atoms with Gasteiger partial charge in [-0.2, -0.15) is 15.0 Å². The Morgan fingerprint density at radius 3 is 2.30 bits per heavy atom. The smallest absolute Gasteiger partial charge is 0.337 e. The number of hydrogen-bond donors (Lipinski definition) is 1. The van der Waals surface area contributed by atoms with Crippen molar-refractivity contribution >= 4 is 16.0 Å². The van der Waals surface area contributed by atoms with Crippen LogP contribution in [0.2, 0.25) is 0 Å². The van der Waals surface area contributed by atoms with E-state index in [1.165, 1.54) is 48.6 Å². The molecular weight excluding hydrogens is 368 g/mol. The molecule has 8 nitrogen and oxygen atoms in total. The predicted molar refractivity (Wildman–Crippen MR) is 97.3 cm³/mol. The number of sulfonamides is 1. The van der Waals surface area contributed by atoms with Gasteiger partial charge in [-0.25, -0.2) is 17.9 Å². The standard InChI is InChI=1S/C18H18N4O4S/c1-26-18(23)15-7-9-16(10-8-15)27(24,25)21-17(13-22-19-11-12-20-22)14-5-3-2-4-6-14/h2-12,17,21H,13H2,1H3. The number of carbonyl (C=O) groups excluding carboxylic acids is 1. The molecule has 1 unspecified atom stereocenters. The Labute approximate surface area is 156 Å². The van der Waals surface area contributed by atoms with Crippen molar-refractivity contribution < 1.29 is 17.9 Å². The quantitative estimate of drug-likeness (QED) is 0.621. The van der Waals surface area contributed by atoms with Gasteiger partial charge in [0.1, 0.15) is 0 Å². The highest BCUT2D eigenvalue weighted by atomic mass is 32.2. The van der Waals surface area contributed by atoms with Crippen LogP contribution in [-0.2, 0) is 21.3 Å². The molecule has 0 fully saturated rings. The molecule has 0 spiro atoms. The number of esters is 1. The van der Waals surface area contributed by atoms with E-state index in [1.54, 1.807) is 0 Å². The third-order valence-electron chi connectivity index (χ3n) is 3.90. The lowest BCUT2D eigenvalue weighted by Gasteiger charge is -2.19. The fraction of sp³-hybridized carbons (Fsp3) is 0.167. The number of nitrogens with one attached hydrogen (secondary N) is 1. The number of aromatic nitrogens is 3. The molecule has 0 saturated carbocycles. The topological polar surface area (TPSA) is 103 Å². The van der Waals surface area contributed by atoms with Crippen molar-refractivity contribution in [3.8, 4) is 0 Å². The van der Waals surface area contributed by atoms with Crippen LogP contribution < -0.4 is 4.72 Å². The molecule has 2 aromatic carbocycles. The maximum absolute atomic E-state index is 12.8. The zero-order valence-corrected chi connectivity index (χ0v) is 15.3. The Morgan fingerprint density at radius 1 is 1.07 bits per heavy atom. The Bertz CT molecular complexity index is 988. The minimum absolute atomic E-state index is 0.0458. The Balaban J connectivity index is 1.86. The van der Waals surface area contributed by atoms with Gasteiger partial charge in [0.15, 0.2) is 0 Å². The summed E-state index contributed by atoms with van der Waals surface area (Å²) in [5.74, 6) is -0.529. The van der Waals surface area contributed by atoms with Gasteiger partial charge in [0.05, 0.1) is 42.5 Å². The van der Waals surface area contributed by atoms with Crippen LogP contribution in [0.15, 0.2) is 71.9 Å². The highest BCUT2D eigenvalue weighted by molar-refractivity contribution is 7.89. The van der Waals surface area contributed by atoms with Gasteiger partial charge in [0.25, 0.3) is 0 Å². The molecule has 3 rings (SSSR count). The normalized spacial score (nSPS) is 12.5.